The third kappa shape index (κ3) is 4.41. The standard InChI is InChI=1S/C29H25N3O3S/c1-16-12-17(2)26-24(13-16)30-28(35-26)21-10-7-11-23(18(21)3)31-29(36)32-27(33)22-14-19-8-5-6-9-20(19)15-25(22)34-4/h5-15H,1-4H3,(H2,31,32,33,36). The highest BCUT2D eigenvalue weighted by Gasteiger charge is 2.17. The average molecular weight is 496 g/mol. The number of hydrogen-bond donors (Lipinski definition) is 2. The molecule has 0 radical (unpaired) electrons. The molecule has 0 saturated heterocycles. The van der Waals surface area contributed by atoms with Gasteiger partial charge in [-0.05, 0) is 90.8 Å². The molecule has 5 aromatic rings. The molecule has 0 aliphatic carbocycles. The highest BCUT2D eigenvalue weighted by atomic mass is 32.1. The quantitative estimate of drug-likeness (QED) is 0.270. The van der Waals surface area contributed by atoms with Crippen LogP contribution in [0.1, 0.15) is 27.0 Å². The number of nitrogens with one attached hydrogen (secondary N) is 2. The van der Waals surface area contributed by atoms with Gasteiger partial charge in [0.2, 0.25) is 5.89 Å². The van der Waals surface area contributed by atoms with Gasteiger partial charge in [0.15, 0.2) is 10.7 Å². The van der Waals surface area contributed by atoms with Crippen molar-refractivity contribution in [2.45, 2.75) is 20.8 Å². The van der Waals surface area contributed by atoms with Crippen molar-refractivity contribution in [1.82, 2.24) is 10.3 Å². The van der Waals surface area contributed by atoms with E-state index in [1.165, 1.54) is 0 Å². The summed E-state index contributed by atoms with van der Waals surface area (Å²) in [5.74, 6) is 0.665. The predicted molar refractivity (Wildman–Crippen MR) is 148 cm³/mol. The molecule has 36 heavy (non-hydrogen) atoms. The van der Waals surface area contributed by atoms with Crippen LogP contribution in [0.5, 0.6) is 5.75 Å². The van der Waals surface area contributed by atoms with Crippen molar-refractivity contribution in [3.8, 4) is 17.2 Å². The molecule has 5 rings (SSSR count). The van der Waals surface area contributed by atoms with Gasteiger partial charge in [-0.2, -0.15) is 0 Å². The molecule has 180 valence electrons. The number of aromatic nitrogens is 1. The van der Waals surface area contributed by atoms with Crippen LogP contribution in [0, 0.1) is 20.8 Å². The lowest BCUT2D eigenvalue weighted by molar-refractivity contribution is 0.0975. The lowest BCUT2D eigenvalue weighted by Crippen LogP contribution is -2.34. The Labute approximate surface area is 214 Å². The fourth-order valence-electron chi connectivity index (χ4n) is 4.38. The van der Waals surface area contributed by atoms with Crippen LogP contribution < -0.4 is 15.4 Å². The number of carbonyl (C=O) groups is 1. The summed E-state index contributed by atoms with van der Waals surface area (Å²) in [6.45, 7) is 6.02. The molecule has 0 spiro atoms. The van der Waals surface area contributed by atoms with Gasteiger partial charge in [0, 0.05) is 11.3 Å². The molecule has 7 heteroatoms. The van der Waals surface area contributed by atoms with E-state index in [-0.39, 0.29) is 11.0 Å². The molecule has 0 fully saturated rings. The number of benzene rings is 4. The van der Waals surface area contributed by atoms with E-state index in [4.69, 9.17) is 26.4 Å². The van der Waals surface area contributed by atoms with E-state index in [0.717, 1.165) is 49.8 Å². The first-order valence-corrected chi connectivity index (χ1v) is 11.9. The summed E-state index contributed by atoms with van der Waals surface area (Å²) in [5.41, 5.74) is 6.69. The Bertz CT molecular complexity index is 1660. The second-order valence-corrected chi connectivity index (χ2v) is 9.14. The molecular weight excluding hydrogens is 470 g/mol. The summed E-state index contributed by atoms with van der Waals surface area (Å²) in [4.78, 5) is 17.8. The van der Waals surface area contributed by atoms with Crippen LogP contribution in [0.3, 0.4) is 0 Å². The Hall–Kier alpha value is -4.23. The summed E-state index contributed by atoms with van der Waals surface area (Å²) in [6.07, 6.45) is 0. The SMILES string of the molecule is COc1cc2ccccc2cc1C(=O)NC(=S)Nc1cccc(-c2nc3cc(C)cc(C)c3o2)c1C. The van der Waals surface area contributed by atoms with Crippen LogP contribution in [0.2, 0.25) is 0 Å². The number of rotatable bonds is 4. The Morgan fingerprint density at radius 3 is 2.47 bits per heavy atom. The van der Waals surface area contributed by atoms with Gasteiger partial charge in [-0.15, -0.1) is 0 Å². The fourth-order valence-corrected chi connectivity index (χ4v) is 4.59. The predicted octanol–water partition coefficient (Wildman–Crippen LogP) is 6.71. The van der Waals surface area contributed by atoms with Gasteiger partial charge in [-0.3, -0.25) is 10.1 Å². The first-order chi connectivity index (χ1) is 17.3. The zero-order valence-corrected chi connectivity index (χ0v) is 21.2. The van der Waals surface area contributed by atoms with E-state index in [1.54, 1.807) is 13.2 Å². The summed E-state index contributed by atoms with van der Waals surface area (Å²) in [6, 6.07) is 21.3. The molecular formula is C29H25N3O3S. The van der Waals surface area contributed by atoms with Gasteiger partial charge in [0.05, 0.1) is 12.7 Å². The van der Waals surface area contributed by atoms with E-state index in [9.17, 15) is 4.79 Å². The molecule has 0 unspecified atom stereocenters. The van der Waals surface area contributed by atoms with Gasteiger partial charge in [0.25, 0.3) is 5.91 Å². The average Bonchev–Trinajstić information content (AvgIpc) is 3.28. The molecule has 4 aromatic carbocycles. The van der Waals surface area contributed by atoms with Crippen molar-refractivity contribution < 1.29 is 13.9 Å². The number of oxazole rings is 1. The largest absolute Gasteiger partial charge is 0.496 e. The molecule has 0 aliphatic rings. The summed E-state index contributed by atoms with van der Waals surface area (Å²) < 4.78 is 11.6. The van der Waals surface area contributed by atoms with Crippen LogP contribution in [0.25, 0.3) is 33.3 Å². The van der Waals surface area contributed by atoms with E-state index in [0.29, 0.717) is 17.2 Å². The Kier molecular flexibility index (Phi) is 6.16. The molecule has 0 aliphatic heterocycles. The second-order valence-electron chi connectivity index (χ2n) is 8.74. The number of amides is 1. The summed E-state index contributed by atoms with van der Waals surface area (Å²) >= 11 is 5.47. The van der Waals surface area contributed by atoms with Crippen LogP contribution >= 0.6 is 12.2 Å². The van der Waals surface area contributed by atoms with Gasteiger partial charge < -0.3 is 14.5 Å². The topological polar surface area (TPSA) is 76.4 Å². The van der Waals surface area contributed by atoms with Crippen LogP contribution in [-0.2, 0) is 0 Å². The third-order valence-corrected chi connectivity index (χ3v) is 6.38. The maximum absolute atomic E-state index is 13.1. The van der Waals surface area contributed by atoms with E-state index in [1.807, 2.05) is 75.4 Å². The molecule has 6 nitrogen and oxygen atoms in total. The van der Waals surface area contributed by atoms with E-state index >= 15 is 0 Å². The molecule has 1 heterocycles. The van der Waals surface area contributed by atoms with Gasteiger partial charge in [-0.25, -0.2) is 4.98 Å². The highest BCUT2D eigenvalue weighted by Crippen LogP contribution is 2.32. The van der Waals surface area contributed by atoms with Crippen molar-refractivity contribution in [3.05, 3.63) is 89.0 Å². The number of carbonyl (C=O) groups excluding carboxylic acids is 1. The Morgan fingerprint density at radius 1 is 0.972 bits per heavy atom. The minimum absolute atomic E-state index is 0.180. The first-order valence-electron chi connectivity index (χ1n) is 11.5. The minimum atomic E-state index is -0.353. The summed E-state index contributed by atoms with van der Waals surface area (Å²) in [7, 11) is 1.54. The molecule has 0 bridgehead atoms. The van der Waals surface area contributed by atoms with Gasteiger partial charge in [-0.1, -0.05) is 36.4 Å². The number of aryl methyl sites for hydroxylation is 2. The third-order valence-electron chi connectivity index (χ3n) is 6.17. The molecule has 1 aromatic heterocycles. The van der Waals surface area contributed by atoms with Crippen molar-refractivity contribution in [2.24, 2.45) is 0 Å². The number of methoxy groups -OCH3 is 1. The first kappa shape index (κ1) is 23.5. The van der Waals surface area contributed by atoms with Gasteiger partial charge >= 0.3 is 0 Å². The highest BCUT2D eigenvalue weighted by molar-refractivity contribution is 7.80. The Balaban J connectivity index is 1.39. The Morgan fingerprint density at radius 2 is 1.72 bits per heavy atom. The monoisotopic (exact) mass is 495 g/mol. The summed E-state index contributed by atoms with van der Waals surface area (Å²) in [5, 5.41) is 8.02. The molecule has 1 amide bonds. The fraction of sp³-hybridized carbons (Fsp3) is 0.138. The normalized spacial score (nSPS) is 11.0. The maximum atomic E-state index is 13.1. The number of fused-ring (bicyclic) bond motifs is 2. The van der Waals surface area contributed by atoms with E-state index in [2.05, 4.69) is 16.7 Å². The minimum Gasteiger partial charge on any atom is -0.496 e. The molecule has 0 saturated carbocycles. The zero-order chi connectivity index (χ0) is 25.4. The molecule has 2 N–H and O–H groups in total. The van der Waals surface area contributed by atoms with E-state index < -0.39 is 0 Å². The van der Waals surface area contributed by atoms with Crippen molar-refractivity contribution in [1.29, 1.82) is 0 Å². The van der Waals surface area contributed by atoms with Crippen LogP contribution in [-0.4, -0.2) is 23.1 Å². The lowest BCUT2D eigenvalue weighted by atomic mass is 10.1. The lowest BCUT2D eigenvalue weighted by Gasteiger charge is -2.15. The van der Waals surface area contributed by atoms with Gasteiger partial charge in [0.1, 0.15) is 11.3 Å². The van der Waals surface area contributed by atoms with Crippen molar-refractivity contribution in [3.63, 3.8) is 0 Å². The molecule has 0 atom stereocenters. The van der Waals surface area contributed by atoms with Crippen LogP contribution in [0.4, 0.5) is 5.69 Å². The maximum Gasteiger partial charge on any atom is 0.261 e. The number of anilines is 1. The second kappa shape index (κ2) is 9.43. The van der Waals surface area contributed by atoms with Crippen LogP contribution in [0.15, 0.2) is 71.1 Å². The number of hydrogen-bond acceptors (Lipinski definition) is 5. The zero-order valence-electron chi connectivity index (χ0n) is 20.4. The number of nitrogens with zero attached hydrogens (tertiary/aromatic N) is 1. The smallest absolute Gasteiger partial charge is 0.261 e. The van der Waals surface area contributed by atoms with Crippen molar-refractivity contribution >= 4 is 50.8 Å². The number of ether oxygens (including phenoxy) is 1. The number of thiocarbonyl (C=S) groups is 1. The van der Waals surface area contributed by atoms with Crippen molar-refractivity contribution in [2.75, 3.05) is 12.4 Å².